The van der Waals surface area contributed by atoms with Crippen LogP contribution in [0, 0.1) is 0 Å². The van der Waals surface area contributed by atoms with Gasteiger partial charge in [0.2, 0.25) is 0 Å². The molecule has 0 aliphatic carbocycles. The Balaban J connectivity index is 1.59. The molecule has 7 heteroatoms. The average Bonchev–Trinajstić information content (AvgIpc) is 2.69. The molecule has 29 heavy (non-hydrogen) atoms. The zero-order valence-electron chi connectivity index (χ0n) is 16.5. The zero-order valence-corrected chi connectivity index (χ0v) is 17.3. The largest absolute Gasteiger partial charge is 0.459 e. The molecular formula is C22H24F2N2O2S. The van der Waals surface area contributed by atoms with Crippen LogP contribution >= 0.6 is 11.9 Å². The Labute approximate surface area is 173 Å². The quantitative estimate of drug-likeness (QED) is 0.427. The average molecular weight is 419 g/mol. The monoisotopic (exact) mass is 418 g/mol. The maximum atomic E-state index is 13.3. The van der Waals surface area contributed by atoms with Crippen LogP contribution in [0.25, 0.3) is 0 Å². The molecule has 1 aromatic carbocycles. The molecule has 1 unspecified atom stereocenters. The van der Waals surface area contributed by atoms with E-state index >= 15 is 0 Å². The van der Waals surface area contributed by atoms with E-state index in [0.717, 1.165) is 37.4 Å². The van der Waals surface area contributed by atoms with E-state index in [2.05, 4.69) is 16.6 Å². The fourth-order valence-electron chi connectivity index (χ4n) is 3.05. The zero-order chi connectivity index (χ0) is 20.9. The highest BCUT2D eigenvalue weighted by Crippen LogP contribution is 2.28. The molecule has 1 N–H and O–H groups in total. The van der Waals surface area contributed by atoms with Gasteiger partial charge in [0, 0.05) is 54.7 Å². The summed E-state index contributed by atoms with van der Waals surface area (Å²) in [5.74, 6) is -3.14. The number of aromatic nitrogens is 1. The maximum absolute atomic E-state index is 13.3. The SMILES string of the molecule is CCCC1CC=C(Cc2cccc(NSc3ccc(C(C)(F)F)cn3)c2)C(=O)O1. The Morgan fingerprint density at radius 3 is 2.79 bits per heavy atom. The highest BCUT2D eigenvalue weighted by molar-refractivity contribution is 8.00. The van der Waals surface area contributed by atoms with Crippen molar-refractivity contribution < 1.29 is 18.3 Å². The van der Waals surface area contributed by atoms with E-state index in [1.807, 2.05) is 30.3 Å². The van der Waals surface area contributed by atoms with Crippen molar-refractivity contribution in [3.63, 3.8) is 0 Å². The van der Waals surface area contributed by atoms with Crippen LogP contribution in [0.4, 0.5) is 14.5 Å². The minimum absolute atomic E-state index is 0.00722. The van der Waals surface area contributed by atoms with Crippen molar-refractivity contribution >= 4 is 23.6 Å². The molecule has 0 spiro atoms. The number of pyridine rings is 1. The fourth-order valence-corrected chi connectivity index (χ4v) is 3.64. The van der Waals surface area contributed by atoms with Gasteiger partial charge in [-0.25, -0.2) is 18.6 Å². The normalized spacial score (nSPS) is 16.9. The number of carbonyl (C=O) groups excluding carboxylic acids is 1. The first-order chi connectivity index (χ1) is 13.8. The van der Waals surface area contributed by atoms with Gasteiger partial charge in [-0.3, -0.25) is 0 Å². The third kappa shape index (κ3) is 6.03. The van der Waals surface area contributed by atoms with Crippen LogP contribution in [-0.2, 0) is 21.9 Å². The maximum Gasteiger partial charge on any atom is 0.334 e. The Kier molecular flexibility index (Phi) is 6.90. The van der Waals surface area contributed by atoms with Crippen LogP contribution in [0.3, 0.4) is 0 Å². The van der Waals surface area contributed by atoms with Gasteiger partial charge in [0.15, 0.2) is 0 Å². The summed E-state index contributed by atoms with van der Waals surface area (Å²) in [6, 6.07) is 10.6. The van der Waals surface area contributed by atoms with Crippen LogP contribution < -0.4 is 4.72 Å². The number of alkyl halides is 2. The van der Waals surface area contributed by atoms with Crippen LogP contribution in [0.2, 0.25) is 0 Å². The van der Waals surface area contributed by atoms with Crippen molar-refractivity contribution in [3.8, 4) is 0 Å². The van der Waals surface area contributed by atoms with Crippen molar-refractivity contribution in [2.75, 3.05) is 4.72 Å². The molecule has 0 bridgehead atoms. The summed E-state index contributed by atoms with van der Waals surface area (Å²) in [6.07, 6.45) is 6.32. The number of carbonyl (C=O) groups is 1. The summed E-state index contributed by atoms with van der Waals surface area (Å²) < 4.78 is 35.2. The molecule has 3 rings (SSSR count). The lowest BCUT2D eigenvalue weighted by atomic mass is 9.99. The minimum atomic E-state index is -2.90. The van der Waals surface area contributed by atoms with Gasteiger partial charge in [-0.05, 0) is 36.2 Å². The lowest BCUT2D eigenvalue weighted by molar-refractivity contribution is -0.145. The number of nitrogens with zero attached hydrogens (tertiary/aromatic N) is 1. The number of nitrogens with one attached hydrogen (secondary N) is 1. The second-order valence-corrected chi connectivity index (χ2v) is 7.96. The predicted molar refractivity (Wildman–Crippen MR) is 111 cm³/mol. The molecule has 1 atom stereocenters. The lowest BCUT2D eigenvalue weighted by Gasteiger charge is -2.22. The molecule has 1 aliphatic heterocycles. The van der Waals surface area contributed by atoms with Gasteiger partial charge in [0.05, 0.1) is 0 Å². The van der Waals surface area contributed by atoms with E-state index in [-0.39, 0.29) is 17.6 Å². The summed E-state index contributed by atoms with van der Waals surface area (Å²) in [7, 11) is 0. The van der Waals surface area contributed by atoms with Crippen molar-refractivity contribution in [1.82, 2.24) is 4.98 Å². The van der Waals surface area contributed by atoms with E-state index in [1.165, 1.54) is 24.2 Å². The van der Waals surface area contributed by atoms with E-state index < -0.39 is 5.92 Å². The molecule has 154 valence electrons. The smallest absolute Gasteiger partial charge is 0.334 e. The highest BCUT2D eigenvalue weighted by atomic mass is 32.2. The topological polar surface area (TPSA) is 51.2 Å². The second kappa shape index (κ2) is 9.39. The Bertz CT molecular complexity index is 879. The molecule has 2 heterocycles. The second-order valence-electron chi connectivity index (χ2n) is 7.14. The van der Waals surface area contributed by atoms with Gasteiger partial charge in [-0.15, -0.1) is 0 Å². The predicted octanol–water partition coefficient (Wildman–Crippen LogP) is 5.90. The van der Waals surface area contributed by atoms with Gasteiger partial charge in [0.25, 0.3) is 5.92 Å². The summed E-state index contributed by atoms with van der Waals surface area (Å²) in [4.78, 5) is 16.3. The number of cyclic esters (lactones) is 1. The highest BCUT2D eigenvalue weighted by Gasteiger charge is 2.24. The van der Waals surface area contributed by atoms with Crippen molar-refractivity contribution in [2.45, 2.75) is 56.6 Å². The van der Waals surface area contributed by atoms with Gasteiger partial charge in [-0.1, -0.05) is 31.6 Å². The lowest BCUT2D eigenvalue weighted by Crippen LogP contribution is -2.24. The first kappa shape index (κ1) is 21.3. The first-order valence-corrected chi connectivity index (χ1v) is 10.4. The Morgan fingerprint density at radius 2 is 2.14 bits per heavy atom. The van der Waals surface area contributed by atoms with Crippen molar-refractivity contribution in [1.29, 1.82) is 0 Å². The molecular weight excluding hydrogens is 394 g/mol. The Hall–Kier alpha value is -2.41. The molecule has 0 saturated heterocycles. The first-order valence-electron chi connectivity index (χ1n) is 9.61. The summed E-state index contributed by atoms with van der Waals surface area (Å²) in [5, 5.41) is 0.587. The number of benzene rings is 1. The number of rotatable bonds is 8. The number of hydrogen-bond acceptors (Lipinski definition) is 5. The molecule has 0 fully saturated rings. The van der Waals surface area contributed by atoms with Crippen LogP contribution in [0.15, 0.2) is 59.3 Å². The van der Waals surface area contributed by atoms with Gasteiger partial charge < -0.3 is 9.46 Å². The van der Waals surface area contributed by atoms with Crippen LogP contribution in [-0.4, -0.2) is 17.1 Å². The van der Waals surface area contributed by atoms with E-state index in [1.54, 1.807) is 6.07 Å². The summed E-state index contributed by atoms with van der Waals surface area (Å²) in [6.45, 7) is 2.93. The number of ether oxygens (including phenoxy) is 1. The standard InChI is InChI=1S/C22H24F2N2O2S/c1-3-5-19-10-8-16(21(27)28-19)12-15-6-4-7-18(13-15)26-29-20-11-9-17(14-25-20)22(2,23)24/h4,6-9,11,13-14,19,26H,3,5,10,12H2,1-2H3. The third-order valence-corrected chi connectivity index (χ3v) is 5.40. The van der Waals surface area contributed by atoms with Crippen LogP contribution in [0.1, 0.15) is 44.2 Å². The minimum Gasteiger partial charge on any atom is -0.459 e. The van der Waals surface area contributed by atoms with Gasteiger partial charge in [-0.2, -0.15) is 0 Å². The number of esters is 1. The molecule has 1 aliphatic rings. The third-order valence-electron chi connectivity index (χ3n) is 4.61. The summed E-state index contributed by atoms with van der Waals surface area (Å²) in [5.41, 5.74) is 2.40. The van der Waals surface area contributed by atoms with Crippen LogP contribution in [0.5, 0.6) is 0 Å². The summed E-state index contributed by atoms with van der Waals surface area (Å²) >= 11 is 1.24. The van der Waals surface area contributed by atoms with E-state index in [0.29, 0.717) is 17.0 Å². The molecule has 1 aromatic heterocycles. The van der Waals surface area contributed by atoms with E-state index in [9.17, 15) is 13.6 Å². The molecule has 0 saturated carbocycles. The number of anilines is 1. The molecule has 0 radical (unpaired) electrons. The molecule has 0 amide bonds. The molecule has 2 aromatic rings. The van der Waals surface area contributed by atoms with Crippen molar-refractivity contribution in [2.24, 2.45) is 0 Å². The van der Waals surface area contributed by atoms with Gasteiger partial charge in [0.1, 0.15) is 11.1 Å². The van der Waals surface area contributed by atoms with E-state index in [4.69, 9.17) is 4.74 Å². The van der Waals surface area contributed by atoms with Gasteiger partial charge >= 0.3 is 5.97 Å². The molecule has 4 nitrogen and oxygen atoms in total. The Morgan fingerprint density at radius 1 is 1.31 bits per heavy atom. The van der Waals surface area contributed by atoms with Crippen molar-refractivity contribution in [3.05, 3.63) is 65.4 Å². The number of halogens is 2. The number of hydrogen-bond donors (Lipinski definition) is 1. The fraction of sp³-hybridized carbons (Fsp3) is 0.364.